The van der Waals surface area contributed by atoms with Gasteiger partial charge in [0.2, 0.25) is 0 Å². The van der Waals surface area contributed by atoms with Crippen LogP contribution < -0.4 is 10.6 Å². The fraction of sp³-hybridized carbons (Fsp3) is 0.556. The number of carbonyl (C=O) groups excluding carboxylic acids is 1. The van der Waals surface area contributed by atoms with E-state index in [1.807, 2.05) is 0 Å². The van der Waals surface area contributed by atoms with Gasteiger partial charge < -0.3 is 20.3 Å². The van der Waals surface area contributed by atoms with Crippen LogP contribution in [0.4, 0.5) is 0 Å². The largest absolute Gasteiger partial charge is 0.381 e. The molecule has 1 atom stereocenters. The number of amides is 1. The van der Waals surface area contributed by atoms with E-state index in [0.717, 1.165) is 45.1 Å². The molecule has 1 aromatic rings. The molecule has 144 valence electrons. The predicted octanol–water partition coefficient (Wildman–Crippen LogP) is 2.38. The van der Waals surface area contributed by atoms with E-state index in [4.69, 9.17) is 16.3 Å². The molecule has 0 radical (unpaired) electrons. The van der Waals surface area contributed by atoms with Crippen LogP contribution in [0.1, 0.15) is 23.2 Å². The van der Waals surface area contributed by atoms with Crippen molar-refractivity contribution in [2.75, 3.05) is 46.4 Å². The molecule has 1 amide bonds. The number of benzene rings is 1. The molecule has 0 saturated carbocycles. The average Bonchev–Trinajstić information content (AvgIpc) is 3.25. The first-order chi connectivity index (χ1) is 12.1. The highest BCUT2D eigenvalue weighted by molar-refractivity contribution is 14.0. The minimum Gasteiger partial charge on any atom is -0.381 e. The van der Waals surface area contributed by atoms with Gasteiger partial charge in [-0.1, -0.05) is 11.6 Å². The zero-order chi connectivity index (χ0) is 17.7. The van der Waals surface area contributed by atoms with Gasteiger partial charge in [0.15, 0.2) is 5.96 Å². The Hall–Kier alpha value is -1.06. The molecule has 2 aliphatic heterocycles. The summed E-state index contributed by atoms with van der Waals surface area (Å²) in [7, 11) is 1.80. The second kappa shape index (κ2) is 9.75. The van der Waals surface area contributed by atoms with Crippen molar-refractivity contribution in [2.45, 2.75) is 12.8 Å². The maximum atomic E-state index is 12.1. The Morgan fingerprint density at radius 3 is 2.65 bits per heavy atom. The van der Waals surface area contributed by atoms with Gasteiger partial charge in [-0.25, -0.2) is 0 Å². The fourth-order valence-electron chi connectivity index (χ4n) is 3.47. The lowest BCUT2D eigenvalue weighted by Gasteiger charge is -2.25. The first-order valence-corrected chi connectivity index (χ1v) is 9.07. The summed E-state index contributed by atoms with van der Waals surface area (Å²) >= 11 is 5.83. The minimum absolute atomic E-state index is 0. The minimum atomic E-state index is -0.100. The Morgan fingerprint density at radius 2 is 2.00 bits per heavy atom. The van der Waals surface area contributed by atoms with Crippen LogP contribution in [0.15, 0.2) is 29.3 Å². The van der Waals surface area contributed by atoms with Gasteiger partial charge in [0.05, 0.1) is 6.61 Å². The third kappa shape index (κ3) is 5.23. The van der Waals surface area contributed by atoms with E-state index in [1.54, 1.807) is 31.3 Å². The lowest BCUT2D eigenvalue weighted by Crippen LogP contribution is -2.44. The molecule has 26 heavy (non-hydrogen) atoms. The first-order valence-electron chi connectivity index (χ1n) is 8.69. The summed E-state index contributed by atoms with van der Waals surface area (Å²) in [6.45, 7) is 4.88. The van der Waals surface area contributed by atoms with Crippen molar-refractivity contribution < 1.29 is 9.53 Å². The summed E-state index contributed by atoms with van der Waals surface area (Å²) in [6.07, 6.45) is 2.29. The topological polar surface area (TPSA) is 66.0 Å². The number of ether oxygens (including phenoxy) is 1. The first kappa shape index (κ1) is 21.2. The highest BCUT2D eigenvalue weighted by Crippen LogP contribution is 2.38. The average molecular weight is 493 g/mol. The lowest BCUT2D eigenvalue weighted by molar-refractivity contribution is 0.0954. The molecule has 0 aromatic heterocycles. The predicted molar refractivity (Wildman–Crippen MR) is 115 cm³/mol. The molecule has 2 fully saturated rings. The van der Waals surface area contributed by atoms with E-state index in [1.165, 1.54) is 0 Å². The number of nitrogens with one attached hydrogen (secondary N) is 2. The monoisotopic (exact) mass is 492 g/mol. The van der Waals surface area contributed by atoms with Gasteiger partial charge >= 0.3 is 0 Å². The van der Waals surface area contributed by atoms with Crippen LogP contribution in [-0.4, -0.2) is 63.2 Å². The summed E-state index contributed by atoms with van der Waals surface area (Å²) in [5, 5.41) is 6.86. The fourth-order valence-corrected chi connectivity index (χ4v) is 3.60. The molecule has 2 saturated heterocycles. The summed E-state index contributed by atoms with van der Waals surface area (Å²) < 4.78 is 5.58. The molecule has 0 aliphatic carbocycles. The number of hydrogen-bond acceptors (Lipinski definition) is 3. The molecule has 8 heteroatoms. The molecule has 1 aromatic carbocycles. The van der Waals surface area contributed by atoms with E-state index in [2.05, 4.69) is 20.5 Å². The number of rotatable bonds is 4. The Balaban J connectivity index is 0.00000243. The standard InChI is InChI=1S/C18H25ClN4O2.HI/c1-20-17(23-10-6-18(12-23)7-11-25-13-18)22-9-8-21-16(24)14-2-4-15(19)5-3-14;/h2-5H,6-13H2,1H3,(H,20,22)(H,21,24);1H. The number of hydrogen-bond donors (Lipinski definition) is 2. The van der Waals surface area contributed by atoms with Gasteiger partial charge in [-0.3, -0.25) is 9.79 Å². The van der Waals surface area contributed by atoms with Crippen LogP contribution in [0, 0.1) is 5.41 Å². The van der Waals surface area contributed by atoms with Gasteiger partial charge in [-0.2, -0.15) is 0 Å². The van der Waals surface area contributed by atoms with Crippen LogP contribution in [0.2, 0.25) is 5.02 Å². The molecule has 1 unspecified atom stereocenters. The summed E-state index contributed by atoms with van der Waals surface area (Å²) in [5.41, 5.74) is 0.914. The van der Waals surface area contributed by atoms with Crippen LogP contribution in [0.5, 0.6) is 0 Å². The second-order valence-corrected chi connectivity index (χ2v) is 7.15. The Kier molecular flexibility index (Phi) is 7.97. The second-order valence-electron chi connectivity index (χ2n) is 6.71. The smallest absolute Gasteiger partial charge is 0.251 e. The summed E-state index contributed by atoms with van der Waals surface area (Å²) in [6, 6.07) is 6.87. The van der Waals surface area contributed by atoms with Gasteiger partial charge in [-0.15, -0.1) is 24.0 Å². The van der Waals surface area contributed by atoms with Crippen LogP contribution in [-0.2, 0) is 4.74 Å². The van der Waals surface area contributed by atoms with Crippen LogP contribution in [0.3, 0.4) is 0 Å². The molecule has 2 N–H and O–H groups in total. The molecule has 0 bridgehead atoms. The molecule has 6 nitrogen and oxygen atoms in total. The molecular formula is C18H26ClIN4O2. The van der Waals surface area contributed by atoms with Crippen molar-refractivity contribution in [3.05, 3.63) is 34.9 Å². The molecular weight excluding hydrogens is 467 g/mol. The zero-order valence-corrected chi connectivity index (χ0v) is 18.0. The van der Waals surface area contributed by atoms with Crippen molar-refractivity contribution in [2.24, 2.45) is 10.4 Å². The van der Waals surface area contributed by atoms with Crippen molar-refractivity contribution in [1.29, 1.82) is 0 Å². The van der Waals surface area contributed by atoms with Crippen LogP contribution >= 0.6 is 35.6 Å². The molecule has 2 aliphatic rings. The number of guanidine groups is 1. The number of carbonyl (C=O) groups is 1. The summed E-state index contributed by atoms with van der Waals surface area (Å²) in [4.78, 5) is 18.7. The van der Waals surface area contributed by atoms with Gasteiger partial charge in [0, 0.05) is 55.8 Å². The quantitative estimate of drug-likeness (QED) is 0.293. The highest BCUT2D eigenvalue weighted by Gasteiger charge is 2.42. The van der Waals surface area contributed by atoms with Crippen molar-refractivity contribution >= 4 is 47.4 Å². The SMILES string of the molecule is CN=C(NCCNC(=O)c1ccc(Cl)cc1)N1CCC2(CCOC2)C1.I. The summed E-state index contributed by atoms with van der Waals surface area (Å²) in [5.74, 6) is 0.793. The van der Waals surface area contributed by atoms with E-state index < -0.39 is 0 Å². The number of aliphatic imine (C=N–C) groups is 1. The number of likely N-dealkylation sites (tertiary alicyclic amines) is 1. The van der Waals surface area contributed by atoms with Crippen molar-refractivity contribution in [3.8, 4) is 0 Å². The Labute approximate surface area is 176 Å². The van der Waals surface area contributed by atoms with Gasteiger partial charge in [0.1, 0.15) is 0 Å². The Bertz CT molecular complexity index is 633. The normalized spacial score (nSPS) is 22.4. The third-order valence-corrected chi connectivity index (χ3v) is 5.19. The van der Waals surface area contributed by atoms with Crippen molar-refractivity contribution in [3.63, 3.8) is 0 Å². The molecule has 2 heterocycles. The number of nitrogens with zero attached hydrogens (tertiary/aromatic N) is 2. The van der Waals surface area contributed by atoms with Crippen LogP contribution in [0.25, 0.3) is 0 Å². The Morgan fingerprint density at radius 1 is 1.27 bits per heavy atom. The zero-order valence-electron chi connectivity index (χ0n) is 15.0. The van der Waals surface area contributed by atoms with Crippen molar-refractivity contribution in [1.82, 2.24) is 15.5 Å². The maximum absolute atomic E-state index is 12.1. The molecule has 1 spiro atoms. The lowest BCUT2D eigenvalue weighted by atomic mass is 9.87. The van der Waals surface area contributed by atoms with E-state index in [-0.39, 0.29) is 29.9 Å². The third-order valence-electron chi connectivity index (χ3n) is 4.93. The van der Waals surface area contributed by atoms with E-state index in [0.29, 0.717) is 29.1 Å². The van der Waals surface area contributed by atoms with E-state index >= 15 is 0 Å². The molecule has 3 rings (SSSR count). The highest BCUT2D eigenvalue weighted by atomic mass is 127. The number of halogens is 2. The van der Waals surface area contributed by atoms with Gasteiger partial charge in [-0.05, 0) is 37.1 Å². The van der Waals surface area contributed by atoms with E-state index in [9.17, 15) is 4.79 Å². The van der Waals surface area contributed by atoms with Gasteiger partial charge in [0.25, 0.3) is 5.91 Å². The maximum Gasteiger partial charge on any atom is 0.251 e.